The summed E-state index contributed by atoms with van der Waals surface area (Å²) >= 11 is 0. The molecule has 0 unspecified atom stereocenters. The van der Waals surface area contributed by atoms with Crippen LogP contribution in [0.1, 0.15) is 36.1 Å². The van der Waals surface area contributed by atoms with Crippen molar-refractivity contribution in [2.24, 2.45) is 0 Å². The molecule has 8 rings (SSSR count). The first kappa shape index (κ1) is 41.0. The second kappa shape index (κ2) is 18.9. The van der Waals surface area contributed by atoms with Gasteiger partial charge in [0.25, 0.3) is 0 Å². The molecule has 0 fully saturated rings. The number of hydrogen-bond acceptors (Lipinski definition) is 6. The van der Waals surface area contributed by atoms with Crippen molar-refractivity contribution in [1.29, 1.82) is 0 Å². The van der Waals surface area contributed by atoms with Crippen molar-refractivity contribution in [3.8, 4) is 45.0 Å². The van der Waals surface area contributed by atoms with Crippen LogP contribution in [0.2, 0.25) is 0 Å². The average molecular weight is 911 g/mol. The number of aryl methyl sites for hydroxylation is 4. The Bertz CT molecular complexity index is 2260. The third kappa shape index (κ3) is 10.5. The van der Waals surface area contributed by atoms with Crippen LogP contribution in [0.3, 0.4) is 0 Å². The van der Waals surface area contributed by atoms with Gasteiger partial charge >= 0.3 is 0 Å². The molecule has 0 aliphatic heterocycles. The average Bonchev–Trinajstić information content (AvgIpc) is 3.18. The molecule has 0 atom stereocenters. The molecule has 0 spiro atoms. The number of hydrogen-bond donors (Lipinski definition) is 1. The van der Waals surface area contributed by atoms with Gasteiger partial charge in [-0.15, -0.1) is 70.8 Å². The number of carbonyl (C=O) groups is 1. The number of ketones is 1. The molecule has 0 bridgehead atoms. The van der Waals surface area contributed by atoms with E-state index in [1.807, 2.05) is 60.7 Å². The SMILES string of the molecule is CC(=O)/C=C(/C)O.Cc1c[c-]c(-c2nc3ccccc3nc2-c2ccc(C)cc2)cc1.Cc1c[c-]c(-c2nc3ccccc3nc2-c2ccc(C)cc2)cc1.[Ir]. The van der Waals surface area contributed by atoms with Crippen molar-refractivity contribution in [3.05, 3.63) is 180 Å². The molecule has 2 heterocycles. The number of rotatable bonds is 5. The van der Waals surface area contributed by atoms with Crippen molar-refractivity contribution >= 4 is 27.9 Å². The Labute approximate surface area is 342 Å². The Hall–Kier alpha value is -6.14. The van der Waals surface area contributed by atoms with Gasteiger partial charge in [0.2, 0.25) is 0 Å². The largest absolute Gasteiger partial charge is 0.512 e. The number of aliphatic hydroxyl groups is 1. The van der Waals surface area contributed by atoms with Gasteiger partial charge in [0.1, 0.15) is 0 Å². The van der Waals surface area contributed by atoms with Gasteiger partial charge in [-0.1, -0.05) is 97.8 Å². The van der Waals surface area contributed by atoms with Crippen LogP contribution in [0.25, 0.3) is 67.1 Å². The van der Waals surface area contributed by atoms with Crippen LogP contribution in [0.15, 0.2) is 145 Å². The van der Waals surface area contributed by atoms with E-state index in [-0.39, 0.29) is 31.6 Å². The van der Waals surface area contributed by atoms with Crippen LogP contribution in [0.4, 0.5) is 0 Å². The third-order valence-electron chi connectivity index (χ3n) is 8.65. The van der Waals surface area contributed by atoms with Crippen molar-refractivity contribution in [1.82, 2.24) is 19.9 Å². The van der Waals surface area contributed by atoms with Gasteiger partial charge in [0, 0.05) is 37.6 Å². The maximum Gasteiger partial charge on any atom is 0.155 e. The molecule has 6 nitrogen and oxygen atoms in total. The number of carbonyl (C=O) groups excluding carboxylic acids is 1. The molecule has 8 aromatic rings. The fourth-order valence-corrected chi connectivity index (χ4v) is 5.80. The molecule has 0 aliphatic rings. The second-order valence-corrected chi connectivity index (χ2v) is 13.5. The van der Waals surface area contributed by atoms with E-state index >= 15 is 0 Å². The Kier molecular flexibility index (Phi) is 13.9. The van der Waals surface area contributed by atoms with E-state index in [9.17, 15) is 4.79 Å². The predicted molar refractivity (Wildman–Crippen MR) is 225 cm³/mol. The minimum atomic E-state index is -0.125. The van der Waals surface area contributed by atoms with Gasteiger partial charge in [0.15, 0.2) is 5.78 Å². The van der Waals surface area contributed by atoms with Crippen LogP contribution in [-0.2, 0) is 24.9 Å². The van der Waals surface area contributed by atoms with Crippen molar-refractivity contribution in [2.75, 3.05) is 0 Å². The molecule has 0 aliphatic carbocycles. The molecule has 0 amide bonds. The van der Waals surface area contributed by atoms with Crippen molar-refractivity contribution in [3.63, 3.8) is 0 Å². The Morgan fingerprint density at radius 1 is 0.482 bits per heavy atom. The van der Waals surface area contributed by atoms with E-state index in [0.29, 0.717) is 0 Å². The summed E-state index contributed by atoms with van der Waals surface area (Å²) in [5, 5.41) is 8.36. The molecule has 6 aromatic carbocycles. The van der Waals surface area contributed by atoms with Gasteiger partial charge in [-0.3, -0.25) is 24.7 Å². The molecule has 1 radical (unpaired) electrons. The van der Waals surface area contributed by atoms with Gasteiger partial charge < -0.3 is 5.11 Å². The molecule has 1 N–H and O–H groups in total. The minimum absolute atomic E-state index is 0. The van der Waals surface area contributed by atoms with Crippen LogP contribution in [0, 0.1) is 39.8 Å². The van der Waals surface area contributed by atoms with Crippen LogP contribution in [0.5, 0.6) is 0 Å². The summed E-state index contributed by atoms with van der Waals surface area (Å²) in [7, 11) is 0. The number of aromatic nitrogens is 4. The van der Waals surface area contributed by atoms with Crippen LogP contribution >= 0.6 is 0 Å². The van der Waals surface area contributed by atoms with E-state index in [4.69, 9.17) is 25.0 Å². The Morgan fingerprint density at radius 2 is 0.804 bits per heavy atom. The van der Waals surface area contributed by atoms with E-state index in [0.717, 1.165) is 67.1 Å². The zero-order chi connectivity index (χ0) is 38.9. The molecule has 2 aromatic heterocycles. The van der Waals surface area contributed by atoms with Crippen molar-refractivity contribution < 1.29 is 30.0 Å². The van der Waals surface area contributed by atoms with E-state index < -0.39 is 0 Å². The first-order valence-corrected chi connectivity index (χ1v) is 18.1. The second-order valence-electron chi connectivity index (χ2n) is 13.5. The molecule has 56 heavy (non-hydrogen) atoms. The number of benzene rings is 6. The van der Waals surface area contributed by atoms with E-state index in [1.54, 1.807) is 0 Å². The Morgan fingerprint density at radius 3 is 1.07 bits per heavy atom. The first-order valence-electron chi connectivity index (χ1n) is 18.1. The van der Waals surface area contributed by atoms with Crippen LogP contribution < -0.4 is 0 Å². The topological polar surface area (TPSA) is 88.9 Å². The summed E-state index contributed by atoms with van der Waals surface area (Å²) in [6, 6.07) is 51.8. The summed E-state index contributed by atoms with van der Waals surface area (Å²) in [5.41, 5.74) is 16.1. The molecule has 7 heteroatoms. The first-order chi connectivity index (χ1) is 26.5. The Balaban J connectivity index is 0.000000181. The minimum Gasteiger partial charge on any atom is -0.512 e. The monoisotopic (exact) mass is 911 g/mol. The summed E-state index contributed by atoms with van der Waals surface area (Å²) < 4.78 is 0. The van der Waals surface area contributed by atoms with Gasteiger partial charge in [-0.25, -0.2) is 0 Å². The number of para-hydroxylation sites is 4. The van der Waals surface area contributed by atoms with Gasteiger partial charge in [-0.05, 0) is 63.1 Å². The molecule has 0 saturated heterocycles. The quantitative estimate of drug-likeness (QED) is 0.105. The number of fused-ring (bicyclic) bond motifs is 2. The molecular formula is C49H42IrN4O2-2. The summed E-state index contributed by atoms with van der Waals surface area (Å²) in [6.07, 6.45) is 1.17. The fourth-order valence-electron chi connectivity index (χ4n) is 5.80. The van der Waals surface area contributed by atoms with E-state index in [2.05, 4.69) is 113 Å². The summed E-state index contributed by atoms with van der Waals surface area (Å²) in [5.74, 6) is -0.0625. The molecule has 0 saturated carbocycles. The zero-order valence-electron chi connectivity index (χ0n) is 32.3. The third-order valence-corrected chi connectivity index (χ3v) is 8.65. The standard InChI is InChI=1S/2C22H17N2.C5H8O2.Ir/c2*1-15-7-11-17(12-8-15)21-22(18-13-9-16(2)10-14-18)24-20-6-4-3-5-19(20)23-21;1-4(6)3-5(2)7;/h2*3-13H,1-2H3;3,6H,1-2H3;/q2*-1;;/b;;4-3-;. The number of nitrogens with zero attached hydrogens (tertiary/aromatic N) is 4. The number of allylic oxidation sites excluding steroid dienone is 2. The van der Waals surface area contributed by atoms with E-state index in [1.165, 1.54) is 42.2 Å². The van der Waals surface area contributed by atoms with Crippen molar-refractivity contribution in [2.45, 2.75) is 41.5 Å². The molecule has 281 valence electrons. The van der Waals surface area contributed by atoms with Gasteiger partial charge in [-0.2, -0.15) is 0 Å². The zero-order valence-corrected chi connectivity index (χ0v) is 34.7. The maximum absolute atomic E-state index is 10.0. The normalized spacial score (nSPS) is 10.8. The number of aliphatic hydroxyl groups excluding tert-OH is 1. The maximum atomic E-state index is 10.0. The summed E-state index contributed by atoms with van der Waals surface area (Å²) in [4.78, 5) is 29.6. The van der Waals surface area contributed by atoms with Crippen LogP contribution in [-0.4, -0.2) is 30.8 Å². The summed E-state index contributed by atoms with van der Waals surface area (Å²) in [6.45, 7) is 11.1. The smallest absolute Gasteiger partial charge is 0.155 e. The fraction of sp³-hybridized carbons (Fsp3) is 0.122. The molecular weight excluding hydrogens is 869 g/mol. The van der Waals surface area contributed by atoms with Gasteiger partial charge in [0.05, 0.1) is 39.2 Å². The predicted octanol–water partition coefficient (Wildman–Crippen LogP) is 11.8.